The number of aryl methyl sites for hydroxylation is 1. The van der Waals surface area contributed by atoms with Gasteiger partial charge in [-0.25, -0.2) is 4.68 Å². The highest BCUT2D eigenvalue weighted by atomic mass is 16.3. The third-order valence-electron chi connectivity index (χ3n) is 2.36. The molecule has 0 aliphatic heterocycles. The number of hydrogen-bond acceptors (Lipinski definition) is 4. The van der Waals surface area contributed by atoms with Crippen LogP contribution in [0.5, 0.6) is 0 Å². The summed E-state index contributed by atoms with van der Waals surface area (Å²) in [7, 11) is 0. The Morgan fingerprint density at radius 1 is 1.27 bits per heavy atom. The minimum atomic E-state index is -0.0574. The lowest BCUT2D eigenvalue weighted by Crippen LogP contribution is -2.07. The van der Waals surface area contributed by atoms with E-state index in [2.05, 4.69) is 17.2 Å². The smallest absolute Gasteiger partial charge is 0.111 e. The van der Waals surface area contributed by atoms with Crippen molar-refractivity contribution in [3.8, 4) is 0 Å². The van der Waals surface area contributed by atoms with E-state index in [-0.39, 0.29) is 13.2 Å². The molecule has 5 nitrogen and oxygen atoms in total. The molecule has 0 fully saturated rings. The second-order valence-corrected chi connectivity index (χ2v) is 3.54. The highest BCUT2D eigenvalue weighted by molar-refractivity contribution is 5.09. The summed E-state index contributed by atoms with van der Waals surface area (Å²) in [6, 6.07) is 0. The van der Waals surface area contributed by atoms with Gasteiger partial charge < -0.3 is 10.2 Å². The lowest BCUT2D eigenvalue weighted by atomic mass is 10.1. The molecule has 0 unspecified atom stereocenters. The van der Waals surface area contributed by atoms with Gasteiger partial charge in [-0.3, -0.25) is 0 Å². The average Bonchev–Trinajstić information content (AvgIpc) is 2.65. The highest BCUT2D eigenvalue weighted by Gasteiger charge is 2.10. The Morgan fingerprint density at radius 2 is 2.07 bits per heavy atom. The SMILES string of the molecule is CCCCc1c(CO)nnn1CCCO. The van der Waals surface area contributed by atoms with Crippen LogP contribution in [0.15, 0.2) is 0 Å². The maximum atomic E-state index is 9.09. The molecule has 86 valence electrons. The van der Waals surface area contributed by atoms with Crippen LogP contribution in [0.4, 0.5) is 0 Å². The maximum absolute atomic E-state index is 9.09. The van der Waals surface area contributed by atoms with Crippen molar-refractivity contribution in [2.45, 2.75) is 45.8 Å². The zero-order chi connectivity index (χ0) is 11.1. The van der Waals surface area contributed by atoms with Gasteiger partial charge in [-0.15, -0.1) is 5.10 Å². The molecule has 0 amide bonds. The minimum absolute atomic E-state index is 0.0574. The van der Waals surface area contributed by atoms with Crippen molar-refractivity contribution < 1.29 is 10.2 Å². The Kier molecular flexibility index (Phi) is 5.28. The molecule has 2 N–H and O–H groups in total. The van der Waals surface area contributed by atoms with E-state index in [1.165, 1.54) is 0 Å². The lowest BCUT2D eigenvalue weighted by Gasteiger charge is -2.05. The summed E-state index contributed by atoms with van der Waals surface area (Å²) in [5, 5.41) is 25.7. The molecule has 15 heavy (non-hydrogen) atoms. The van der Waals surface area contributed by atoms with Crippen molar-refractivity contribution in [3.63, 3.8) is 0 Å². The van der Waals surface area contributed by atoms with E-state index in [9.17, 15) is 0 Å². The molecule has 0 aliphatic carbocycles. The molecular formula is C10H19N3O2. The molecule has 0 bridgehead atoms. The fraction of sp³-hybridized carbons (Fsp3) is 0.800. The molecule has 0 aliphatic rings. The van der Waals surface area contributed by atoms with Crippen molar-refractivity contribution in [3.05, 3.63) is 11.4 Å². The Labute approximate surface area is 89.7 Å². The van der Waals surface area contributed by atoms with Crippen LogP contribution in [-0.4, -0.2) is 31.8 Å². The van der Waals surface area contributed by atoms with Crippen molar-refractivity contribution in [2.75, 3.05) is 6.61 Å². The number of hydrogen-bond donors (Lipinski definition) is 2. The van der Waals surface area contributed by atoms with Gasteiger partial charge in [-0.1, -0.05) is 18.6 Å². The topological polar surface area (TPSA) is 71.2 Å². The number of nitrogens with zero attached hydrogens (tertiary/aromatic N) is 3. The lowest BCUT2D eigenvalue weighted by molar-refractivity contribution is 0.273. The van der Waals surface area contributed by atoms with Crippen LogP contribution < -0.4 is 0 Å². The van der Waals surface area contributed by atoms with E-state index in [1.807, 2.05) is 0 Å². The molecule has 0 spiro atoms. The van der Waals surface area contributed by atoms with Gasteiger partial charge in [0.15, 0.2) is 0 Å². The summed E-state index contributed by atoms with van der Waals surface area (Å²) in [6.07, 6.45) is 3.74. The Morgan fingerprint density at radius 3 is 2.67 bits per heavy atom. The van der Waals surface area contributed by atoms with E-state index >= 15 is 0 Å². The minimum Gasteiger partial charge on any atom is -0.396 e. The van der Waals surface area contributed by atoms with Crippen molar-refractivity contribution in [1.29, 1.82) is 0 Å². The molecule has 1 aromatic rings. The van der Waals surface area contributed by atoms with E-state index in [4.69, 9.17) is 10.2 Å². The molecule has 1 aromatic heterocycles. The number of unbranched alkanes of at least 4 members (excludes halogenated alkanes) is 1. The van der Waals surface area contributed by atoms with Crippen LogP contribution in [-0.2, 0) is 19.6 Å². The number of aliphatic hydroxyl groups excluding tert-OH is 2. The second kappa shape index (κ2) is 6.53. The van der Waals surface area contributed by atoms with Crippen LogP contribution in [0.2, 0.25) is 0 Å². The molecule has 0 saturated heterocycles. The predicted octanol–water partition coefficient (Wildman–Crippen LogP) is 0.495. The van der Waals surface area contributed by atoms with E-state index in [1.54, 1.807) is 4.68 Å². The van der Waals surface area contributed by atoms with Crippen LogP contribution >= 0.6 is 0 Å². The molecule has 0 radical (unpaired) electrons. The second-order valence-electron chi connectivity index (χ2n) is 3.54. The molecular weight excluding hydrogens is 194 g/mol. The first-order valence-corrected chi connectivity index (χ1v) is 5.46. The van der Waals surface area contributed by atoms with Crippen molar-refractivity contribution in [1.82, 2.24) is 15.0 Å². The molecule has 1 rings (SSSR count). The predicted molar refractivity (Wildman–Crippen MR) is 56.3 cm³/mol. The van der Waals surface area contributed by atoms with Gasteiger partial charge in [-0.2, -0.15) is 0 Å². The summed E-state index contributed by atoms with van der Waals surface area (Å²) < 4.78 is 1.79. The quantitative estimate of drug-likeness (QED) is 0.691. The molecule has 1 heterocycles. The summed E-state index contributed by atoms with van der Waals surface area (Å²) in [4.78, 5) is 0. The summed E-state index contributed by atoms with van der Waals surface area (Å²) in [5.74, 6) is 0. The van der Waals surface area contributed by atoms with Gasteiger partial charge in [0.05, 0.1) is 12.3 Å². The monoisotopic (exact) mass is 213 g/mol. The van der Waals surface area contributed by atoms with Gasteiger partial charge in [0, 0.05) is 13.2 Å². The van der Waals surface area contributed by atoms with Gasteiger partial charge in [0.1, 0.15) is 5.69 Å². The largest absolute Gasteiger partial charge is 0.396 e. The van der Waals surface area contributed by atoms with Gasteiger partial charge in [-0.05, 0) is 19.3 Å². The zero-order valence-electron chi connectivity index (χ0n) is 9.19. The van der Waals surface area contributed by atoms with E-state index in [0.717, 1.165) is 25.0 Å². The third-order valence-corrected chi connectivity index (χ3v) is 2.36. The van der Waals surface area contributed by atoms with Crippen molar-refractivity contribution >= 4 is 0 Å². The van der Waals surface area contributed by atoms with Crippen LogP contribution in [0.1, 0.15) is 37.6 Å². The number of aromatic nitrogens is 3. The first-order valence-electron chi connectivity index (χ1n) is 5.46. The summed E-state index contributed by atoms with van der Waals surface area (Å²) >= 11 is 0. The Hall–Kier alpha value is -0.940. The van der Waals surface area contributed by atoms with E-state index in [0.29, 0.717) is 18.7 Å². The molecule has 0 aromatic carbocycles. The highest BCUT2D eigenvalue weighted by Crippen LogP contribution is 2.10. The first kappa shape index (κ1) is 12.1. The van der Waals surface area contributed by atoms with Crippen LogP contribution in [0, 0.1) is 0 Å². The number of rotatable bonds is 7. The fourth-order valence-electron chi connectivity index (χ4n) is 1.51. The average molecular weight is 213 g/mol. The standard InChI is InChI=1S/C10H19N3O2/c1-2-3-5-10-9(8-15)11-12-13(10)6-4-7-14/h14-15H,2-8H2,1H3. The summed E-state index contributed by atoms with van der Waals surface area (Å²) in [6.45, 7) is 2.89. The van der Waals surface area contributed by atoms with Crippen LogP contribution in [0.3, 0.4) is 0 Å². The van der Waals surface area contributed by atoms with Gasteiger partial charge in [0.2, 0.25) is 0 Å². The molecule has 5 heteroatoms. The van der Waals surface area contributed by atoms with Gasteiger partial charge >= 0.3 is 0 Å². The zero-order valence-corrected chi connectivity index (χ0v) is 9.19. The Balaban J connectivity index is 2.70. The third kappa shape index (κ3) is 3.28. The van der Waals surface area contributed by atoms with Gasteiger partial charge in [0.25, 0.3) is 0 Å². The number of aliphatic hydroxyl groups is 2. The van der Waals surface area contributed by atoms with Crippen molar-refractivity contribution in [2.24, 2.45) is 0 Å². The fourth-order valence-corrected chi connectivity index (χ4v) is 1.51. The Bertz CT molecular complexity index is 286. The first-order chi connectivity index (χ1) is 7.33. The molecule has 0 atom stereocenters. The maximum Gasteiger partial charge on any atom is 0.111 e. The molecule has 0 saturated carbocycles. The van der Waals surface area contributed by atoms with E-state index < -0.39 is 0 Å². The summed E-state index contributed by atoms with van der Waals surface area (Å²) in [5.41, 5.74) is 1.68. The normalized spacial score (nSPS) is 10.9. The van der Waals surface area contributed by atoms with Crippen LogP contribution in [0.25, 0.3) is 0 Å².